The third kappa shape index (κ3) is 4.04. The molecule has 0 spiro atoms. The zero-order valence-electron chi connectivity index (χ0n) is 22.3. The third-order valence-corrected chi connectivity index (χ3v) is 12.7. The summed E-state index contributed by atoms with van der Waals surface area (Å²) in [7, 11) is -2.32. The lowest BCUT2D eigenvalue weighted by molar-refractivity contribution is 1.17. The summed E-state index contributed by atoms with van der Waals surface area (Å²) < 4.78 is 0. The van der Waals surface area contributed by atoms with Crippen molar-refractivity contribution in [2.75, 3.05) is 0 Å². The summed E-state index contributed by atoms with van der Waals surface area (Å²) in [6, 6.07) is 65.2. The van der Waals surface area contributed by atoms with Crippen molar-refractivity contribution in [3.8, 4) is 0 Å². The number of benzene rings is 7. The molecule has 0 aliphatic heterocycles. The third-order valence-electron chi connectivity index (χ3n) is 8.08. The van der Waals surface area contributed by atoms with Crippen LogP contribution in [0.1, 0.15) is 16.8 Å². The summed E-state index contributed by atoms with van der Waals surface area (Å²) >= 11 is 0. The van der Waals surface area contributed by atoms with E-state index >= 15 is 0 Å². The molecule has 0 aliphatic carbocycles. The van der Waals surface area contributed by atoms with Crippen molar-refractivity contribution in [2.45, 2.75) is 5.66 Å². The first-order valence-corrected chi connectivity index (χ1v) is 15.7. The lowest BCUT2D eigenvalue weighted by atomic mass is 9.92. The van der Waals surface area contributed by atoms with Crippen LogP contribution in [-0.2, 0) is 0 Å². The Morgan fingerprint density at radius 3 is 1.12 bits per heavy atom. The first-order chi connectivity index (χ1) is 19.9. The smallest absolute Gasteiger partial charge is 0.0622 e. The highest BCUT2D eigenvalue weighted by Crippen LogP contribution is 2.70. The Hall–Kier alpha value is -4.51. The van der Waals surface area contributed by atoms with Crippen LogP contribution in [0.15, 0.2) is 176 Å². The van der Waals surface area contributed by atoms with Crippen LogP contribution in [-0.4, -0.2) is 0 Å². The number of hydrogen-bond donors (Lipinski definition) is 0. The molecule has 0 aliphatic rings. The Morgan fingerprint density at radius 1 is 0.350 bits per heavy atom. The molecule has 0 bridgehead atoms. The van der Waals surface area contributed by atoms with Gasteiger partial charge in [0.05, 0.1) is 0 Å². The van der Waals surface area contributed by atoms with Crippen LogP contribution in [0, 0.1) is 0 Å². The molecule has 7 rings (SSSR count). The van der Waals surface area contributed by atoms with Crippen molar-refractivity contribution < 1.29 is 0 Å². The van der Waals surface area contributed by atoms with Gasteiger partial charge in [-0.25, -0.2) is 0 Å². The molecule has 0 saturated carbocycles. The van der Waals surface area contributed by atoms with Gasteiger partial charge in [0.1, 0.15) is 28.8 Å². The van der Waals surface area contributed by atoms with Gasteiger partial charge in [0.15, 0.2) is 0 Å². The molecule has 1 atom stereocenters. The van der Waals surface area contributed by atoms with Gasteiger partial charge in [-0.1, -0.05) is 133 Å². The maximum absolute atomic E-state index is 2.36. The Kier molecular flexibility index (Phi) is 6.48. The van der Waals surface area contributed by atoms with Crippen molar-refractivity contribution in [3.63, 3.8) is 0 Å². The van der Waals surface area contributed by atoms with E-state index in [9.17, 15) is 0 Å². The zero-order valence-corrected chi connectivity index (χ0v) is 23.2. The van der Waals surface area contributed by atoms with Crippen LogP contribution in [0.2, 0.25) is 0 Å². The van der Waals surface area contributed by atoms with Gasteiger partial charge in [-0.2, -0.15) is 0 Å². The summed E-state index contributed by atoms with van der Waals surface area (Å²) in [5, 5.41) is 9.37. The molecule has 0 N–H and O–H groups in total. The van der Waals surface area contributed by atoms with Gasteiger partial charge in [-0.15, -0.1) is 0 Å². The van der Waals surface area contributed by atoms with Crippen LogP contribution in [0.4, 0.5) is 0 Å². The predicted octanol–water partition coefficient (Wildman–Crippen LogP) is 9.08. The molecule has 0 aromatic heterocycles. The van der Waals surface area contributed by atoms with Gasteiger partial charge in [0.25, 0.3) is 0 Å². The highest BCUT2D eigenvalue weighted by molar-refractivity contribution is 7.96. The fraction of sp³-hybridized carbons (Fsp3) is 0.0256. The Bertz CT molecular complexity index is 1730. The number of rotatable bonds is 6. The molecule has 0 amide bonds. The molecule has 0 nitrogen and oxygen atoms in total. The Morgan fingerprint density at radius 2 is 0.700 bits per heavy atom. The van der Waals surface area contributed by atoms with E-state index in [0.29, 0.717) is 0 Å². The highest BCUT2D eigenvalue weighted by Gasteiger charge is 2.54. The van der Waals surface area contributed by atoms with Gasteiger partial charge in [0.2, 0.25) is 0 Å². The molecule has 0 saturated heterocycles. The van der Waals surface area contributed by atoms with Crippen LogP contribution in [0.3, 0.4) is 0 Å². The molecule has 7 aromatic carbocycles. The van der Waals surface area contributed by atoms with E-state index in [1.165, 1.54) is 48.6 Å². The quantitative estimate of drug-likeness (QED) is 0.149. The van der Waals surface area contributed by atoms with E-state index in [1.807, 2.05) is 0 Å². The molecular weight excluding hydrogens is 499 g/mol. The van der Waals surface area contributed by atoms with Crippen LogP contribution >= 0.6 is 7.26 Å². The lowest BCUT2D eigenvalue weighted by Crippen LogP contribution is -2.35. The SMILES string of the molecule is c1ccc(C(c2c3ccccc3cc3ccccc23)[P+](c2ccccc2)(c2ccccc2)c2ccccc2)cc1. The second-order valence-electron chi connectivity index (χ2n) is 10.3. The minimum absolute atomic E-state index is 0.0944. The van der Waals surface area contributed by atoms with Crippen LogP contribution in [0.25, 0.3) is 21.5 Å². The van der Waals surface area contributed by atoms with Crippen LogP contribution < -0.4 is 15.9 Å². The summed E-state index contributed by atoms with van der Waals surface area (Å²) in [5.74, 6) is 0. The molecule has 1 unspecified atom stereocenters. The monoisotopic (exact) mass is 529 g/mol. The number of hydrogen-bond acceptors (Lipinski definition) is 0. The minimum atomic E-state index is -2.32. The first kappa shape index (κ1) is 24.5. The molecule has 0 fully saturated rings. The molecule has 190 valence electrons. The van der Waals surface area contributed by atoms with Crippen molar-refractivity contribution >= 4 is 44.7 Å². The maximum atomic E-state index is 2.36. The fourth-order valence-electron chi connectivity index (χ4n) is 6.45. The predicted molar refractivity (Wildman–Crippen MR) is 175 cm³/mol. The van der Waals surface area contributed by atoms with E-state index in [0.717, 1.165) is 0 Å². The van der Waals surface area contributed by atoms with E-state index in [4.69, 9.17) is 0 Å². The number of fused-ring (bicyclic) bond motifs is 2. The second-order valence-corrected chi connectivity index (χ2v) is 13.8. The maximum Gasteiger partial charge on any atom is 0.135 e. The van der Waals surface area contributed by atoms with E-state index < -0.39 is 7.26 Å². The summed E-state index contributed by atoms with van der Waals surface area (Å²) in [6.45, 7) is 0. The highest BCUT2D eigenvalue weighted by atomic mass is 31.2. The van der Waals surface area contributed by atoms with Crippen molar-refractivity contribution in [1.82, 2.24) is 0 Å². The fourth-order valence-corrected chi connectivity index (χ4v) is 11.4. The first-order valence-electron chi connectivity index (χ1n) is 13.9. The van der Waals surface area contributed by atoms with Gasteiger partial charge < -0.3 is 0 Å². The standard InChI is InChI=1S/C39H30P/c1-5-17-30(18-6-1)39(38-36-27-15-13-19-31(36)29-32-20-14-16-28-37(32)38)40(33-21-7-2-8-22-33,34-23-9-3-10-24-34)35-25-11-4-12-26-35/h1-29,39H/q+1. The Balaban J connectivity index is 1.74. The molecule has 0 radical (unpaired) electrons. The molecule has 40 heavy (non-hydrogen) atoms. The molecule has 1 heteroatoms. The van der Waals surface area contributed by atoms with Crippen molar-refractivity contribution in [2.24, 2.45) is 0 Å². The molecular formula is C39H30P+. The van der Waals surface area contributed by atoms with E-state index in [1.54, 1.807) is 0 Å². The largest absolute Gasteiger partial charge is 0.135 e. The molecule has 0 heterocycles. The summed E-state index contributed by atoms with van der Waals surface area (Å²) in [4.78, 5) is 0. The summed E-state index contributed by atoms with van der Waals surface area (Å²) in [5.41, 5.74) is 2.84. The normalized spacial score (nSPS) is 12.4. The Labute approximate surface area is 236 Å². The topological polar surface area (TPSA) is 0 Å². The van der Waals surface area contributed by atoms with Crippen molar-refractivity contribution in [1.29, 1.82) is 0 Å². The minimum Gasteiger partial charge on any atom is -0.0622 e. The van der Waals surface area contributed by atoms with E-state index in [-0.39, 0.29) is 5.66 Å². The second kappa shape index (κ2) is 10.6. The van der Waals surface area contributed by atoms with Crippen molar-refractivity contribution in [3.05, 3.63) is 187 Å². The average Bonchev–Trinajstić information content (AvgIpc) is 3.04. The van der Waals surface area contributed by atoms with Gasteiger partial charge in [-0.05, 0) is 69.6 Å². The van der Waals surface area contributed by atoms with Crippen LogP contribution in [0.5, 0.6) is 0 Å². The summed E-state index contributed by atoms with van der Waals surface area (Å²) in [6.07, 6.45) is 0. The van der Waals surface area contributed by atoms with Gasteiger partial charge in [0, 0.05) is 5.56 Å². The lowest BCUT2D eigenvalue weighted by Gasteiger charge is -2.36. The average molecular weight is 530 g/mol. The van der Waals surface area contributed by atoms with Gasteiger partial charge >= 0.3 is 0 Å². The van der Waals surface area contributed by atoms with Gasteiger partial charge in [-0.3, -0.25) is 0 Å². The molecule has 7 aromatic rings. The van der Waals surface area contributed by atoms with E-state index in [2.05, 4.69) is 176 Å². The zero-order chi connectivity index (χ0) is 26.8.